The number of allylic oxidation sites excluding steroid dienone is 4. The number of likely N-dealkylation sites (tertiary alicyclic amines) is 1. The fourth-order valence-electron chi connectivity index (χ4n) is 5.83. The third kappa shape index (κ3) is 3.64. The van der Waals surface area contributed by atoms with Crippen LogP contribution in [-0.4, -0.2) is 43.9 Å². The van der Waals surface area contributed by atoms with Crippen molar-refractivity contribution in [3.8, 4) is 11.3 Å². The van der Waals surface area contributed by atoms with E-state index in [0.717, 1.165) is 58.0 Å². The molecule has 7 rings (SSSR count). The zero-order valence-corrected chi connectivity index (χ0v) is 19.9. The number of fused-ring (bicyclic) bond motifs is 2. The molecule has 3 aromatic heterocycles. The van der Waals surface area contributed by atoms with E-state index in [1.807, 2.05) is 6.20 Å². The molecule has 1 saturated heterocycles. The molecule has 0 atom stereocenters. The summed E-state index contributed by atoms with van der Waals surface area (Å²) in [5.41, 5.74) is 12.5. The van der Waals surface area contributed by atoms with E-state index < -0.39 is 0 Å². The molecule has 1 aromatic carbocycles. The second-order valence-electron chi connectivity index (χ2n) is 10.3. The molecule has 0 spiro atoms. The van der Waals surface area contributed by atoms with Crippen molar-refractivity contribution in [3.63, 3.8) is 0 Å². The van der Waals surface area contributed by atoms with Crippen molar-refractivity contribution in [2.45, 2.75) is 38.0 Å². The van der Waals surface area contributed by atoms with Gasteiger partial charge in [0.05, 0.1) is 11.2 Å². The number of nitrogens with zero attached hydrogens (tertiary/aromatic N) is 5. The minimum Gasteiger partial charge on any atom is -0.382 e. The van der Waals surface area contributed by atoms with Gasteiger partial charge in [0, 0.05) is 35.8 Å². The number of benzene rings is 1. The number of hydrogen-bond donors (Lipinski definition) is 1. The van der Waals surface area contributed by atoms with Gasteiger partial charge < -0.3 is 10.6 Å². The molecule has 4 heterocycles. The zero-order valence-electron chi connectivity index (χ0n) is 19.9. The van der Waals surface area contributed by atoms with Crippen LogP contribution in [0.2, 0.25) is 0 Å². The largest absolute Gasteiger partial charge is 0.382 e. The first-order valence-electron chi connectivity index (χ1n) is 12.9. The molecule has 6 nitrogen and oxygen atoms in total. The van der Waals surface area contributed by atoms with Crippen molar-refractivity contribution in [2.75, 3.05) is 25.4 Å². The maximum absolute atomic E-state index is 6.41. The summed E-state index contributed by atoms with van der Waals surface area (Å²) in [6.45, 7) is 3.77. The standard InChI is InChI=1S/C29H30N6/c30-28-27-26(22-8-7-21-9-10-24(32-25(21)17-22)20-5-2-1-3-6-20)33-29(35(27)14-11-31-28)23-15-19(16-23)18-34-12-4-13-34/h2,5-11,14,17,19,23H,1,3-4,12-13,15-16,18H2,(H2,30,31). The summed E-state index contributed by atoms with van der Waals surface area (Å²) >= 11 is 0. The second-order valence-corrected chi connectivity index (χ2v) is 10.3. The lowest BCUT2D eigenvalue weighted by atomic mass is 9.74. The van der Waals surface area contributed by atoms with Crippen molar-refractivity contribution >= 4 is 27.8 Å². The molecule has 0 radical (unpaired) electrons. The van der Waals surface area contributed by atoms with Crippen LogP contribution in [0.3, 0.4) is 0 Å². The lowest BCUT2D eigenvalue weighted by Crippen LogP contribution is -2.43. The highest BCUT2D eigenvalue weighted by molar-refractivity contribution is 5.91. The normalized spacial score (nSPS) is 22.2. The Hall–Kier alpha value is -3.51. The summed E-state index contributed by atoms with van der Waals surface area (Å²) in [5.74, 6) is 2.89. The van der Waals surface area contributed by atoms with Gasteiger partial charge in [0.15, 0.2) is 0 Å². The van der Waals surface area contributed by atoms with Gasteiger partial charge in [-0.25, -0.2) is 15.0 Å². The Bertz CT molecular complexity index is 1490. The van der Waals surface area contributed by atoms with Crippen LogP contribution in [0.1, 0.15) is 49.5 Å². The Morgan fingerprint density at radius 2 is 1.91 bits per heavy atom. The maximum atomic E-state index is 6.41. The molecule has 6 heteroatoms. The Morgan fingerprint density at radius 1 is 1.03 bits per heavy atom. The molecule has 0 bridgehead atoms. The predicted octanol–water partition coefficient (Wildman–Crippen LogP) is 5.46. The fraction of sp³-hybridized carbons (Fsp3) is 0.345. The van der Waals surface area contributed by atoms with Gasteiger partial charge in [-0.05, 0) is 68.8 Å². The number of imidazole rings is 1. The van der Waals surface area contributed by atoms with Crippen molar-refractivity contribution in [1.29, 1.82) is 0 Å². The molecule has 2 fully saturated rings. The average molecular weight is 463 g/mol. The number of aromatic nitrogens is 4. The first-order chi connectivity index (χ1) is 17.2. The average Bonchev–Trinajstić information content (AvgIpc) is 3.22. The monoisotopic (exact) mass is 462 g/mol. The van der Waals surface area contributed by atoms with E-state index in [0.29, 0.717) is 11.7 Å². The summed E-state index contributed by atoms with van der Waals surface area (Å²) < 4.78 is 2.17. The van der Waals surface area contributed by atoms with E-state index in [-0.39, 0.29) is 0 Å². The van der Waals surface area contributed by atoms with Crippen LogP contribution in [0.5, 0.6) is 0 Å². The SMILES string of the molecule is Nc1nccn2c(C3CC(CN4CCC4)C3)nc(-c3ccc4ccc(C5=CCCC=C5)nc4c3)c12. The van der Waals surface area contributed by atoms with Crippen LogP contribution in [-0.2, 0) is 0 Å². The van der Waals surface area contributed by atoms with Gasteiger partial charge in [0.25, 0.3) is 0 Å². The molecule has 176 valence electrons. The number of hydrogen-bond acceptors (Lipinski definition) is 5. The van der Waals surface area contributed by atoms with Crippen LogP contribution in [0, 0.1) is 5.92 Å². The van der Waals surface area contributed by atoms with Crippen LogP contribution in [0.15, 0.2) is 61.0 Å². The van der Waals surface area contributed by atoms with E-state index in [4.69, 9.17) is 15.7 Å². The highest BCUT2D eigenvalue weighted by Crippen LogP contribution is 2.44. The first kappa shape index (κ1) is 20.8. The summed E-state index contributed by atoms with van der Waals surface area (Å²) in [6.07, 6.45) is 16.4. The minimum atomic E-state index is 0.472. The highest BCUT2D eigenvalue weighted by atomic mass is 15.2. The molecular weight excluding hydrogens is 432 g/mol. The minimum absolute atomic E-state index is 0.472. The van der Waals surface area contributed by atoms with Gasteiger partial charge in [-0.2, -0.15) is 0 Å². The predicted molar refractivity (Wildman–Crippen MR) is 141 cm³/mol. The van der Waals surface area contributed by atoms with Crippen LogP contribution >= 0.6 is 0 Å². The van der Waals surface area contributed by atoms with Gasteiger partial charge in [0.2, 0.25) is 0 Å². The summed E-state index contributed by atoms with van der Waals surface area (Å²) in [6, 6.07) is 10.7. The number of anilines is 1. The Morgan fingerprint density at radius 3 is 2.71 bits per heavy atom. The van der Waals surface area contributed by atoms with Gasteiger partial charge in [-0.1, -0.05) is 36.4 Å². The van der Waals surface area contributed by atoms with E-state index in [9.17, 15) is 0 Å². The van der Waals surface area contributed by atoms with Crippen molar-refractivity contribution in [2.24, 2.45) is 5.92 Å². The third-order valence-corrected chi connectivity index (χ3v) is 7.93. The van der Waals surface area contributed by atoms with Crippen molar-refractivity contribution < 1.29 is 0 Å². The molecule has 4 aromatic rings. The molecule has 2 N–H and O–H groups in total. The molecule has 1 saturated carbocycles. The lowest BCUT2D eigenvalue weighted by molar-refractivity contribution is 0.107. The van der Waals surface area contributed by atoms with Crippen molar-refractivity contribution in [1.82, 2.24) is 24.3 Å². The van der Waals surface area contributed by atoms with Gasteiger partial charge in [-0.15, -0.1) is 0 Å². The third-order valence-electron chi connectivity index (χ3n) is 7.93. The quantitative estimate of drug-likeness (QED) is 0.426. The molecular formula is C29H30N6. The maximum Gasteiger partial charge on any atom is 0.150 e. The molecule has 35 heavy (non-hydrogen) atoms. The van der Waals surface area contributed by atoms with Gasteiger partial charge >= 0.3 is 0 Å². The second kappa shape index (κ2) is 8.31. The Kier molecular flexibility index (Phi) is 4.94. The van der Waals surface area contributed by atoms with E-state index >= 15 is 0 Å². The summed E-state index contributed by atoms with van der Waals surface area (Å²) in [4.78, 5) is 17.2. The van der Waals surface area contributed by atoms with Crippen molar-refractivity contribution in [3.05, 3.63) is 72.5 Å². The van der Waals surface area contributed by atoms with E-state index in [2.05, 4.69) is 62.8 Å². The summed E-state index contributed by atoms with van der Waals surface area (Å²) in [5, 5.41) is 1.13. The molecule has 0 unspecified atom stereocenters. The van der Waals surface area contributed by atoms with E-state index in [1.165, 1.54) is 44.5 Å². The highest BCUT2D eigenvalue weighted by Gasteiger charge is 2.36. The number of nitrogen functional groups attached to an aromatic ring is 1. The lowest BCUT2D eigenvalue weighted by Gasteiger charge is -2.41. The van der Waals surface area contributed by atoms with Crippen LogP contribution < -0.4 is 5.73 Å². The van der Waals surface area contributed by atoms with Crippen LogP contribution in [0.4, 0.5) is 5.82 Å². The topological polar surface area (TPSA) is 72.3 Å². The van der Waals surface area contributed by atoms with E-state index in [1.54, 1.807) is 6.20 Å². The molecule has 2 aliphatic carbocycles. The van der Waals surface area contributed by atoms with Crippen LogP contribution in [0.25, 0.3) is 33.3 Å². The van der Waals surface area contributed by atoms with Gasteiger partial charge in [-0.3, -0.25) is 4.40 Å². The number of rotatable bonds is 5. The van der Waals surface area contributed by atoms with Gasteiger partial charge in [0.1, 0.15) is 22.9 Å². The fourth-order valence-corrected chi connectivity index (χ4v) is 5.83. The zero-order chi connectivity index (χ0) is 23.4. The number of pyridine rings is 1. The Balaban J connectivity index is 1.26. The molecule has 0 amide bonds. The smallest absolute Gasteiger partial charge is 0.150 e. The Labute approximate surface area is 205 Å². The molecule has 1 aliphatic heterocycles. The first-order valence-corrected chi connectivity index (χ1v) is 12.9. The summed E-state index contributed by atoms with van der Waals surface area (Å²) in [7, 11) is 0. The molecule has 3 aliphatic rings. The number of nitrogens with two attached hydrogens (primary N) is 1.